The zero-order valence-electron chi connectivity index (χ0n) is 10.0. The molecule has 3 N–H and O–H groups in total. The molecule has 0 radical (unpaired) electrons. The van der Waals surface area contributed by atoms with Gasteiger partial charge in [0.25, 0.3) is 0 Å². The van der Waals surface area contributed by atoms with Gasteiger partial charge in [0.05, 0.1) is 6.04 Å². The van der Waals surface area contributed by atoms with Gasteiger partial charge in [-0.25, -0.2) is 0 Å². The number of phenolic OH excluding ortho intramolecular Hbond substituents is 1. The largest absolute Gasteiger partial charge is 0.508 e. The molecule has 0 aliphatic heterocycles. The first-order valence-corrected chi connectivity index (χ1v) is 5.58. The van der Waals surface area contributed by atoms with Crippen molar-refractivity contribution in [2.75, 3.05) is 13.7 Å². The normalized spacial score (nSPS) is 12.6. The van der Waals surface area contributed by atoms with E-state index < -0.39 is 0 Å². The van der Waals surface area contributed by atoms with Crippen molar-refractivity contribution in [1.29, 1.82) is 0 Å². The minimum atomic E-state index is -0.344. The van der Waals surface area contributed by atoms with Gasteiger partial charge in [-0.2, -0.15) is 4.98 Å². The summed E-state index contributed by atoms with van der Waals surface area (Å²) in [5, 5.41) is 13.2. The van der Waals surface area contributed by atoms with Gasteiger partial charge in [0.15, 0.2) is 0 Å². The number of hydrogen-bond acceptors (Lipinski definition) is 6. The van der Waals surface area contributed by atoms with Crippen LogP contribution in [0.2, 0.25) is 0 Å². The summed E-state index contributed by atoms with van der Waals surface area (Å²) in [6.45, 7) is 0.533. The van der Waals surface area contributed by atoms with E-state index in [2.05, 4.69) is 10.1 Å². The van der Waals surface area contributed by atoms with Crippen molar-refractivity contribution in [3.8, 4) is 17.1 Å². The van der Waals surface area contributed by atoms with Crippen LogP contribution in [0.4, 0.5) is 0 Å². The highest BCUT2D eigenvalue weighted by molar-refractivity contribution is 5.56. The van der Waals surface area contributed by atoms with Gasteiger partial charge < -0.3 is 20.1 Å². The summed E-state index contributed by atoms with van der Waals surface area (Å²) in [5.41, 5.74) is 6.56. The Morgan fingerprint density at radius 2 is 2.33 bits per heavy atom. The third kappa shape index (κ3) is 2.85. The second-order valence-electron chi connectivity index (χ2n) is 3.89. The number of methoxy groups -OCH3 is 1. The van der Waals surface area contributed by atoms with Gasteiger partial charge in [0.1, 0.15) is 5.75 Å². The van der Waals surface area contributed by atoms with Crippen LogP contribution in [0.25, 0.3) is 11.4 Å². The van der Waals surface area contributed by atoms with Crippen molar-refractivity contribution < 1.29 is 14.4 Å². The first kappa shape index (κ1) is 12.5. The molecule has 0 saturated carbocycles. The molecule has 0 fully saturated rings. The zero-order valence-corrected chi connectivity index (χ0v) is 10.0. The molecule has 1 aromatic carbocycles. The van der Waals surface area contributed by atoms with Crippen LogP contribution in [-0.4, -0.2) is 29.0 Å². The molecular formula is C12H15N3O3. The van der Waals surface area contributed by atoms with E-state index in [-0.39, 0.29) is 11.8 Å². The van der Waals surface area contributed by atoms with E-state index >= 15 is 0 Å². The van der Waals surface area contributed by atoms with Gasteiger partial charge in [0, 0.05) is 19.3 Å². The van der Waals surface area contributed by atoms with Gasteiger partial charge in [-0.3, -0.25) is 0 Å². The molecule has 0 aliphatic rings. The Kier molecular flexibility index (Phi) is 3.91. The van der Waals surface area contributed by atoms with E-state index in [0.29, 0.717) is 30.3 Å². The third-order valence-electron chi connectivity index (χ3n) is 2.50. The molecule has 0 saturated heterocycles. The Morgan fingerprint density at radius 1 is 1.50 bits per heavy atom. The van der Waals surface area contributed by atoms with Crippen molar-refractivity contribution in [3.05, 3.63) is 30.2 Å². The van der Waals surface area contributed by atoms with Crippen LogP contribution in [0.15, 0.2) is 28.8 Å². The van der Waals surface area contributed by atoms with Gasteiger partial charge in [0.2, 0.25) is 11.7 Å². The number of nitrogens with zero attached hydrogens (tertiary/aromatic N) is 2. The second-order valence-corrected chi connectivity index (χ2v) is 3.89. The highest BCUT2D eigenvalue weighted by Crippen LogP contribution is 2.22. The van der Waals surface area contributed by atoms with Crippen molar-refractivity contribution in [1.82, 2.24) is 10.1 Å². The molecule has 0 aliphatic carbocycles. The fraction of sp³-hybridized carbons (Fsp3) is 0.333. The summed E-state index contributed by atoms with van der Waals surface area (Å²) in [4.78, 5) is 4.20. The average Bonchev–Trinajstić information content (AvgIpc) is 2.85. The van der Waals surface area contributed by atoms with Crippen LogP contribution in [-0.2, 0) is 4.74 Å². The van der Waals surface area contributed by atoms with E-state index in [0.717, 1.165) is 0 Å². The molecule has 2 aromatic rings. The van der Waals surface area contributed by atoms with E-state index in [1.54, 1.807) is 31.4 Å². The lowest BCUT2D eigenvalue weighted by Gasteiger charge is -2.04. The van der Waals surface area contributed by atoms with Crippen LogP contribution >= 0.6 is 0 Å². The molecule has 1 aromatic heterocycles. The number of hydrogen-bond donors (Lipinski definition) is 2. The summed E-state index contributed by atoms with van der Waals surface area (Å²) in [5.74, 6) is 0.932. The lowest BCUT2D eigenvalue weighted by atomic mass is 10.2. The molecule has 1 atom stereocenters. The molecule has 2 rings (SSSR count). The monoisotopic (exact) mass is 249 g/mol. The summed E-state index contributed by atoms with van der Waals surface area (Å²) < 4.78 is 10.0. The van der Waals surface area contributed by atoms with Crippen molar-refractivity contribution in [2.24, 2.45) is 5.73 Å². The number of phenols is 1. The van der Waals surface area contributed by atoms with Gasteiger partial charge in [-0.1, -0.05) is 17.3 Å². The van der Waals surface area contributed by atoms with Crippen LogP contribution in [0, 0.1) is 0 Å². The second kappa shape index (κ2) is 5.61. The lowest BCUT2D eigenvalue weighted by molar-refractivity contribution is 0.182. The molecule has 0 bridgehead atoms. The Morgan fingerprint density at radius 3 is 3.06 bits per heavy atom. The SMILES string of the molecule is COCCC(N)c1nc(-c2cccc(O)c2)no1. The van der Waals surface area contributed by atoms with Crippen LogP contribution in [0.5, 0.6) is 5.75 Å². The van der Waals surface area contributed by atoms with E-state index in [4.69, 9.17) is 15.0 Å². The Hall–Kier alpha value is -1.92. The van der Waals surface area contributed by atoms with Crippen LogP contribution < -0.4 is 5.73 Å². The maximum Gasteiger partial charge on any atom is 0.243 e. The first-order valence-electron chi connectivity index (χ1n) is 5.58. The molecule has 6 nitrogen and oxygen atoms in total. The Bertz CT molecular complexity index is 513. The minimum absolute atomic E-state index is 0.155. The maximum atomic E-state index is 9.38. The van der Waals surface area contributed by atoms with E-state index in [1.165, 1.54) is 0 Å². The number of nitrogens with two attached hydrogens (primary N) is 1. The topological polar surface area (TPSA) is 94.4 Å². The predicted molar refractivity (Wildman–Crippen MR) is 64.8 cm³/mol. The lowest BCUT2D eigenvalue weighted by Crippen LogP contribution is -2.12. The molecule has 96 valence electrons. The summed E-state index contributed by atoms with van der Waals surface area (Å²) in [6, 6.07) is 6.30. The fourth-order valence-electron chi connectivity index (χ4n) is 1.52. The summed E-state index contributed by atoms with van der Waals surface area (Å²) in [7, 11) is 1.61. The molecule has 6 heteroatoms. The molecule has 1 unspecified atom stereocenters. The van der Waals surface area contributed by atoms with Gasteiger partial charge in [-0.15, -0.1) is 0 Å². The molecule has 18 heavy (non-hydrogen) atoms. The number of benzene rings is 1. The molecule has 0 spiro atoms. The third-order valence-corrected chi connectivity index (χ3v) is 2.50. The molecule has 1 heterocycles. The molecular weight excluding hydrogens is 234 g/mol. The minimum Gasteiger partial charge on any atom is -0.508 e. The van der Waals surface area contributed by atoms with E-state index in [9.17, 15) is 5.11 Å². The van der Waals surface area contributed by atoms with Crippen LogP contribution in [0.3, 0.4) is 0 Å². The predicted octanol–water partition coefficient (Wildman–Crippen LogP) is 1.48. The van der Waals surface area contributed by atoms with Crippen molar-refractivity contribution in [2.45, 2.75) is 12.5 Å². The number of rotatable bonds is 5. The first-order chi connectivity index (χ1) is 8.70. The van der Waals surface area contributed by atoms with Gasteiger partial charge >= 0.3 is 0 Å². The van der Waals surface area contributed by atoms with Gasteiger partial charge in [-0.05, 0) is 18.6 Å². The van der Waals surface area contributed by atoms with Crippen molar-refractivity contribution in [3.63, 3.8) is 0 Å². The highest BCUT2D eigenvalue weighted by atomic mass is 16.5. The smallest absolute Gasteiger partial charge is 0.243 e. The van der Waals surface area contributed by atoms with E-state index in [1.807, 2.05) is 0 Å². The Labute approximate surface area is 104 Å². The Balaban J connectivity index is 2.15. The fourth-order valence-corrected chi connectivity index (χ4v) is 1.52. The standard InChI is InChI=1S/C12H15N3O3/c1-17-6-5-10(13)12-14-11(15-18-12)8-3-2-4-9(16)7-8/h2-4,7,10,16H,5-6,13H2,1H3. The van der Waals surface area contributed by atoms with Crippen LogP contribution in [0.1, 0.15) is 18.4 Å². The summed E-state index contributed by atoms with van der Waals surface area (Å²) in [6.07, 6.45) is 0.609. The molecule has 0 amide bonds. The summed E-state index contributed by atoms with van der Waals surface area (Å²) >= 11 is 0. The van der Waals surface area contributed by atoms with Crippen molar-refractivity contribution >= 4 is 0 Å². The quantitative estimate of drug-likeness (QED) is 0.833. The highest BCUT2D eigenvalue weighted by Gasteiger charge is 2.15. The number of aromatic nitrogens is 2. The number of aromatic hydroxyl groups is 1. The average molecular weight is 249 g/mol. The number of ether oxygens (including phenoxy) is 1. The maximum absolute atomic E-state index is 9.38. The zero-order chi connectivity index (χ0) is 13.0.